The number of nitrogens with zero attached hydrogens (tertiary/aromatic N) is 2. The number of hydrogen-bond donors (Lipinski definition) is 2. The van der Waals surface area contributed by atoms with Gasteiger partial charge in [0.05, 0.1) is 17.3 Å². The Hall–Kier alpha value is -0.840. The summed E-state index contributed by atoms with van der Waals surface area (Å²) in [5, 5.41) is 12.9. The Labute approximate surface area is 120 Å². The van der Waals surface area contributed by atoms with Gasteiger partial charge in [0, 0.05) is 26.2 Å². The van der Waals surface area contributed by atoms with E-state index < -0.39 is 0 Å². The first-order valence-corrected chi connectivity index (χ1v) is 7.22. The SMILES string of the molecule is CCC(CC)N(CCO)Cc1nc(NC)ccc1Cl. The minimum absolute atomic E-state index is 0.153. The van der Waals surface area contributed by atoms with Crippen molar-refractivity contribution in [2.75, 3.05) is 25.5 Å². The van der Waals surface area contributed by atoms with Crippen molar-refractivity contribution in [1.29, 1.82) is 0 Å². The van der Waals surface area contributed by atoms with Crippen LogP contribution in [0.3, 0.4) is 0 Å². The predicted octanol–water partition coefficient (Wildman–Crippen LogP) is 2.76. The lowest BCUT2D eigenvalue weighted by Crippen LogP contribution is -2.36. The van der Waals surface area contributed by atoms with E-state index in [9.17, 15) is 5.11 Å². The predicted molar refractivity (Wildman–Crippen MR) is 80.7 cm³/mol. The molecule has 2 N–H and O–H groups in total. The number of nitrogens with one attached hydrogen (secondary N) is 1. The van der Waals surface area contributed by atoms with Gasteiger partial charge in [-0.15, -0.1) is 0 Å². The second-order valence-corrected chi connectivity index (χ2v) is 4.95. The Morgan fingerprint density at radius 3 is 2.58 bits per heavy atom. The van der Waals surface area contributed by atoms with Crippen LogP contribution in [-0.4, -0.2) is 41.2 Å². The summed E-state index contributed by atoms with van der Waals surface area (Å²) in [6, 6.07) is 4.17. The number of aliphatic hydroxyl groups is 1. The van der Waals surface area contributed by atoms with Gasteiger partial charge in [0.1, 0.15) is 5.82 Å². The molecule has 1 aromatic rings. The van der Waals surface area contributed by atoms with Gasteiger partial charge >= 0.3 is 0 Å². The zero-order chi connectivity index (χ0) is 14.3. The van der Waals surface area contributed by atoms with E-state index in [0.717, 1.165) is 24.4 Å². The molecule has 108 valence electrons. The van der Waals surface area contributed by atoms with Gasteiger partial charge in [-0.1, -0.05) is 25.4 Å². The standard InChI is InChI=1S/C14H24ClN3O/c1-4-11(5-2)18(8-9-19)10-13-12(15)6-7-14(16-3)17-13/h6-7,11,19H,4-5,8-10H2,1-3H3,(H,16,17). The fraction of sp³-hybridized carbons (Fsp3) is 0.643. The highest BCUT2D eigenvalue weighted by atomic mass is 35.5. The van der Waals surface area contributed by atoms with Crippen molar-refractivity contribution in [3.05, 3.63) is 22.8 Å². The normalized spacial score (nSPS) is 11.3. The Morgan fingerprint density at radius 1 is 1.37 bits per heavy atom. The van der Waals surface area contributed by atoms with Crippen molar-refractivity contribution in [3.63, 3.8) is 0 Å². The maximum Gasteiger partial charge on any atom is 0.126 e. The van der Waals surface area contributed by atoms with Crippen LogP contribution in [0.25, 0.3) is 0 Å². The van der Waals surface area contributed by atoms with Gasteiger partial charge in [-0.25, -0.2) is 4.98 Å². The van der Waals surface area contributed by atoms with Crippen molar-refractivity contribution in [3.8, 4) is 0 Å². The molecule has 0 aliphatic heterocycles. The molecule has 0 bridgehead atoms. The minimum Gasteiger partial charge on any atom is -0.395 e. The molecule has 0 amide bonds. The average Bonchev–Trinajstić information content (AvgIpc) is 2.42. The highest BCUT2D eigenvalue weighted by molar-refractivity contribution is 6.31. The lowest BCUT2D eigenvalue weighted by molar-refractivity contribution is 0.135. The van der Waals surface area contributed by atoms with E-state index in [2.05, 4.69) is 29.0 Å². The number of rotatable bonds is 8. The summed E-state index contributed by atoms with van der Waals surface area (Å²) >= 11 is 6.21. The molecule has 0 radical (unpaired) electrons. The van der Waals surface area contributed by atoms with Gasteiger partial charge in [0.25, 0.3) is 0 Å². The molecule has 4 nitrogen and oxygen atoms in total. The molecular weight excluding hydrogens is 262 g/mol. The number of hydrogen-bond acceptors (Lipinski definition) is 4. The second-order valence-electron chi connectivity index (χ2n) is 4.54. The molecule has 19 heavy (non-hydrogen) atoms. The van der Waals surface area contributed by atoms with Crippen molar-refractivity contribution in [2.45, 2.75) is 39.3 Å². The van der Waals surface area contributed by atoms with Gasteiger partial charge in [0.2, 0.25) is 0 Å². The van der Waals surface area contributed by atoms with E-state index in [1.807, 2.05) is 19.2 Å². The quantitative estimate of drug-likeness (QED) is 0.771. The fourth-order valence-electron chi connectivity index (χ4n) is 2.25. The third-order valence-corrected chi connectivity index (χ3v) is 3.72. The second kappa shape index (κ2) is 8.35. The molecule has 0 saturated heterocycles. The molecule has 1 aromatic heterocycles. The van der Waals surface area contributed by atoms with Crippen LogP contribution < -0.4 is 5.32 Å². The van der Waals surface area contributed by atoms with Crippen molar-refractivity contribution in [2.24, 2.45) is 0 Å². The summed E-state index contributed by atoms with van der Waals surface area (Å²) in [7, 11) is 1.84. The molecule has 0 aliphatic carbocycles. The van der Waals surface area contributed by atoms with Crippen LogP contribution in [0.4, 0.5) is 5.82 Å². The third-order valence-electron chi connectivity index (χ3n) is 3.37. The Kier molecular flexibility index (Phi) is 7.13. The first-order chi connectivity index (χ1) is 9.15. The lowest BCUT2D eigenvalue weighted by Gasteiger charge is -2.29. The molecule has 0 atom stereocenters. The topological polar surface area (TPSA) is 48.4 Å². The molecule has 1 rings (SSSR count). The van der Waals surface area contributed by atoms with Crippen LogP contribution >= 0.6 is 11.6 Å². The maximum absolute atomic E-state index is 9.22. The maximum atomic E-state index is 9.22. The van der Waals surface area contributed by atoms with E-state index in [4.69, 9.17) is 11.6 Å². The molecule has 0 aromatic carbocycles. The summed E-state index contributed by atoms with van der Waals surface area (Å²) in [4.78, 5) is 6.74. The summed E-state index contributed by atoms with van der Waals surface area (Å²) in [6.45, 7) is 5.80. The van der Waals surface area contributed by atoms with Crippen molar-refractivity contribution >= 4 is 17.4 Å². The molecule has 5 heteroatoms. The number of anilines is 1. The Morgan fingerprint density at radius 2 is 2.05 bits per heavy atom. The lowest BCUT2D eigenvalue weighted by atomic mass is 10.1. The van der Waals surface area contributed by atoms with E-state index in [1.54, 1.807) is 0 Å². The molecule has 1 heterocycles. The van der Waals surface area contributed by atoms with Crippen LogP contribution in [-0.2, 0) is 6.54 Å². The van der Waals surface area contributed by atoms with E-state index in [-0.39, 0.29) is 6.61 Å². The van der Waals surface area contributed by atoms with Gasteiger partial charge in [-0.2, -0.15) is 0 Å². The number of pyridine rings is 1. The van der Waals surface area contributed by atoms with E-state index in [0.29, 0.717) is 24.2 Å². The van der Waals surface area contributed by atoms with Crippen LogP contribution in [0.2, 0.25) is 5.02 Å². The number of halogens is 1. The first-order valence-electron chi connectivity index (χ1n) is 6.84. The molecule has 0 saturated carbocycles. The molecule has 0 spiro atoms. The summed E-state index contributed by atoms with van der Waals surface area (Å²) in [6.07, 6.45) is 2.11. The Bertz CT molecular complexity index is 383. The zero-order valence-corrected chi connectivity index (χ0v) is 12.7. The van der Waals surface area contributed by atoms with Crippen LogP contribution in [0, 0.1) is 0 Å². The highest BCUT2D eigenvalue weighted by Gasteiger charge is 2.17. The monoisotopic (exact) mass is 285 g/mol. The molecule has 0 fully saturated rings. The first kappa shape index (κ1) is 16.2. The molecular formula is C14H24ClN3O. The molecule has 0 aliphatic rings. The number of aromatic nitrogens is 1. The Balaban J connectivity index is 2.88. The summed E-state index contributed by atoms with van der Waals surface area (Å²) < 4.78 is 0. The highest BCUT2D eigenvalue weighted by Crippen LogP contribution is 2.20. The van der Waals surface area contributed by atoms with Gasteiger partial charge in [-0.3, -0.25) is 4.90 Å². The van der Waals surface area contributed by atoms with Crippen molar-refractivity contribution in [1.82, 2.24) is 9.88 Å². The van der Waals surface area contributed by atoms with E-state index >= 15 is 0 Å². The van der Waals surface area contributed by atoms with Crippen molar-refractivity contribution < 1.29 is 5.11 Å². The molecule has 0 unspecified atom stereocenters. The van der Waals surface area contributed by atoms with Gasteiger partial charge in [-0.05, 0) is 25.0 Å². The van der Waals surface area contributed by atoms with Crippen LogP contribution in [0.5, 0.6) is 0 Å². The minimum atomic E-state index is 0.153. The summed E-state index contributed by atoms with van der Waals surface area (Å²) in [5.41, 5.74) is 0.855. The average molecular weight is 286 g/mol. The van der Waals surface area contributed by atoms with Crippen LogP contribution in [0.1, 0.15) is 32.4 Å². The smallest absolute Gasteiger partial charge is 0.126 e. The summed E-state index contributed by atoms with van der Waals surface area (Å²) in [5.74, 6) is 0.813. The number of aliphatic hydroxyl groups excluding tert-OH is 1. The largest absolute Gasteiger partial charge is 0.395 e. The zero-order valence-electron chi connectivity index (χ0n) is 12.0. The third kappa shape index (κ3) is 4.64. The van der Waals surface area contributed by atoms with Gasteiger partial charge < -0.3 is 10.4 Å². The van der Waals surface area contributed by atoms with Gasteiger partial charge in [0.15, 0.2) is 0 Å². The van der Waals surface area contributed by atoms with Crippen LogP contribution in [0.15, 0.2) is 12.1 Å². The van der Waals surface area contributed by atoms with E-state index in [1.165, 1.54) is 0 Å². The fourth-order valence-corrected chi connectivity index (χ4v) is 2.42.